The molecule has 1 aliphatic heterocycles. The van der Waals surface area contributed by atoms with Crippen LogP contribution in [0.15, 0.2) is 112 Å². The fourth-order valence-corrected chi connectivity index (χ4v) is 8.56. The molecule has 1 saturated heterocycles. The normalized spacial score (nSPS) is 15.0. The van der Waals surface area contributed by atoms with E-state index in [1.54, 1.807) is 23.1 Å². The van der Waals surface area contributed by atoms with Crippen molar-refractivity contribution in [2.75, 3.05) is 19.6 Å². The summed E-state index contributed by atoms with van der Waals surface area (Å²) in [4.78, 5) is 15.2. The summed E-state index contributed by atoms with van der Waals surface area (Å²) in [7, 11) is -7.85. The van der Waals surface area contributed by atoms with Crippen LogP contribution in [0.1, 0.15) is 36.5 Å². The Balaban J connectivity index is 1.36. The molecule has 0 radical (unpaired) electrons. The van der Waals surface area contributed by atoms with Crippen LogP contribution in [0.5, 0.6) is 0 Å². The third-order valence-electron chi connectivity index (χ3n) is 7.40. The van der Waals surface area contributed by atoms with Crippen molar-refractivity contribution in [3.05, 3.63) is 103 Å². The smallest absolute Gasteiger partial charge is 0.254 e. The second kappa shape index (κ2) is 11.5. The van der Waals surface area contributed by atoms with Crippen LogP contribution < -0.4 is 0 Å². The van der Waals surface area contributed by atoms with Gasteiger partial charge in [0.1, 0.15) is 0 Å². The Morgan fingerprint density at radius 2 is 1.38 bits per heavy atom. The van der Waals surface area contributed by atoms with E-state index in [4.69, 9.17) is 0 Å². The molecular weight excluding hydrogens is 544 g/mol. The molecule has 0 atom stereocenters. The van der Waals surface area contributed by atoms with Gasteiger partial charge in [0.2, 0.25) is 19.9 Å². The molecule has 1 aliphatic rings. The fraction of sp³-hybridized carbons (Fsp3) is 0.258. The second-order valence-corrected chi connectivity index (χ2v) is 13.8. The van der Waals surface area contributed by atoms with E-state index in [0.29, 0.717) is 44.5 Å². The van der Waals surface area contributed by atoms with Crippen molar-refractivity contribution in [2.24, 2.45) is 0 Å². The van der Waals surface area contributed by atoms with E-state index in [2.05, 4.69) is 0 Å². The van der Waals surface area contributed by atoms with Gasteiger partial charge < -0.3 is 4.90 Å². The van der Waals surface area contributed by atoms with Gasteiger partial charge in [0.25, 0.3) is 5.91 Å². The number of rotatable bonds is 8. The maximum absolute atomic E-state index is 13.9. The number of sulfonamides is 1. The van der Waals surface area contributed by atoms with Crippen LogP contribution in [0.4, 0.5) is 0 Å². The molecule has 0 bridgehead atoms. The second-order valence-electron chi connectivity index (χ2n) is 9.96. The molecule has 208 valence electrons. The fourth-order valence-electron chi connectivity index (χ4n) is 5.33. The van der Waals surface area contributed by atoms with Gasteiger partial charge in [0, 0.05) is 31.2 Å². The zero-order valence-electron chi connectivity index (χ0n) is 22.3. The van der Waals surface area contributed by atoms with E-state index in [0.717, 1.165) is 10.8 Å². The summed E-state index contributed by atoms with van der Waals surface area (Å²) >= 11 is 0. The maximum Gasteiger partial charge on any atom is 0.254 e. The minimum atomic E-state index is -3.98. The molecule has 0 aromatic heterocycles. The first-order chi connectivity index (χ1) is 19.2. The van der Waals surface area contributed by atoms with Crippen LogP contribution in [0.3, 0.4) is 0 Å². The number of piperidine rings is 1. The van der Waals surface area contributed by atoms with Gasteiger partial charge in [0.15, 0.2) is 0 Å². The summed E-state index contributed by atoms with van der Waals surface area (Å²) in [5, 5.41) is 1.90. The zero-order valence-corrected chi connectivity index (χ0v) is 23.9. The predicted molar refractivity (Wildman–Crippen MR) is 155 cm³/mol. The summed E-state index contributed by atoms with van der Waals surface area (Å²) in [5.41, 5.74) is 0.644. The highest BCUT2D eigenvalue weighted by molar-refractivity contribution is 7.91. The van der Waals surface area contributed by atoms with Crippen LogP contribution in [0.25, 0.3) is 10.8 Å². The minimum absolute atomic E-state index is 0.0489. The van der Waals surface area contributed by atoms with Gasteiger partial charge in [0.05, 0.1) is 14.7 Å². The Morgan fingerprint density at radius 3 is 2.10 bits per heavy atom. The average molecular weight is 577 g/mol. The maximum atomic E-state index is 13.9. The molecule has 4 aromatic rings. The van der Waals surface area contributed by atoms with Gasteiger partial charge in [-0.15, -0.1) is 0 Å². The molecule has 0 spiro atoms. The summed E-state index contributed by atoms with van der Waals surface area (Å²) in [6.45, 7) is 3.09. The van der Waals surface area contributed by atoms with Gasteiger partial charge >= 0.3 is 0 Å². The van der Waals surface area contributed by atoms with E-state index in [-0.39, 0.29) is 26.6 Å². The zero-order chi connectivity index (χ0) is 28.3. The lowest BCUT2D eigenvalue weighted by Crippen LogP contribution is -2.49. The number of hydrogen-bond acceptors (Lipinski definition) is 5. The Labute approximate surface area is 236 Å². The van der Waals surface area contributed by atoms with Gasteiger partial charge in [-0.2, -0.15) is 4.31 Å². The van der Waals surface area contributed by atoms with Crippen molar-refractivity contribution >= 4 is 36.5 Å². The van der Waals surface area contributed by atoms with Gasteiger partial charge in [-0.05, 0) is 66.4 Å². The van der Waals surface area contributed by atoms with Crippen LogP contribution in [0.2, 0.25) is 0 Å². The monoisotopic (exact) mass is 576 g/mol. The molecule has 1 heterocycles. The molecule has 1 fully saturated rings. The van der Waals surface area contributed by atoms with E-state index in [9.17, 15) is 21.6 Å². The molecule has 0 aliphatic carbocycles. The SMILES string of the molecule is CCCN(C1CCN(C(=O)c2cccc3ccccc23)CC1)S(=O)(=O)c1cccc(S(=O)(=O)c2ccccc2)c1. The number of nitrogens with zero attached hydrogens (tertiary/aromatic N) is 2. The highest BCUT2D eigenvalue weighted by Gasteiger charge is 2.35. The number of hydrogen-bond donors (Lipinski definition) is 0. The van der Waals surface area contributed by atoms with Crippen LogP contribution in [-0.4, -0.2) is 57.6 Å². The van der Waals surface area contributed by atoms with Crippen LogP contribution in [-0.2, 0) is 19.9 Å². The average Bonchev–Trinajstić information content (AvgIpc) is 3.00. The number of likely N-dealkylation sites (tertiary alicyclic amines) is 1. The first-order valence-corrected chi connectivity index (χ1v) is 16.3. The number of amides is 1. The highest BCUT2D eigenvalue weighted by atomic mass is 32.2. The summed E-state index contributed by atoms with van der Waals surface area (Å²) in [6.07, 6.45) is 1.60. The molecule has 0 saturated carbocycles. The molecule has 0 unspecified atom stereocenters. The first kappa shape index (κ1) is 28.0. The summed E-state index contributed by atoms with van der Waals surface area (Å²) in [6, 6.07) is 26.7. The van der Waals surface area contributed by atoms with E-state index >= 15 is 0 Å². The van der Waals surface area contributed by atoms with E-state index in [1.165, 1.54) is 40.7 Å². The van der Waals surface area contributed by atoms with Gasteiger partial charge in [-0.3, -0.25) is 4.79 Å². The largest absolute Gasteiger partial charge is 0.339 e. The lowest BCUT2D eigenvalue weighted by molar-refractivity contribution is 0.0680. The van der Waals surface area contributed by atoms with Crippen LogP contribution >= 0.6 is 0 Å². The molecule has 0 N–H and O–H groups in total. The predicted octanol–water partition coefficient (Wildman–Crippen LogP) is 5.38. The summed E-state index contributed by atoms with van der Waals surface area (Å²) in [5.74, 6) is -0.0565. The quantitative estimate of drug-likeness (QED) is 0.281. The molecule has 7 nitrogen and oxygen atoms in total. The lowest BCUT2D eigenvalue weighted by atomic mass is 10.0. The third-order valence-corrected chi connectivity index (χ3v) is 11.1. The molecule has 5 rings (SSSR count). The Hall–Kier alpha value is -3.53. The van der Waals surface area contributed by atoms with Crippen molar-refractivity contribution in [1.29, 1.82) is 0 Å². The van der Waals surface area contributed by atoms with Crippen molar-refractivity contribution in [1.82, 2.24) is 9.21 Å². The molecule has 1 amide bonds. The standard InChI is InChI=1S/C31H32N2O5S2/c1-2-20-33(40(37,38)28-15-9-14-27(23-28)39(35,36)26-12-4-3-5-13-26)25-18-21-32(22-19-25)31(34)30-17-8-11-24-10-6-7-16-29(24)30/h3-17,23,25H,2,18-22H2,1H3. The molecule has 40 heavy (non-hydrogen) atoms. The van der Waals surface area contributed by atoms with E-state index in [1.807, 2.05) is 49.4 Å². The molecule has 9 heteroatoms. The number of carbonyl (C=O) groups is 1. The van der Waals surface area contributed by atoms with Crippen molar-refractivity contribution in [3.8, 4) is 0 Å². The lowest BCUT2D eigenvalue weighted by Gasteiger charge is -2.38. The third kappa shape index (κ3) is 5.41. The number of fused-ring (bicyclic) bond motifs is 1. The Kier molecular flexibility index (Phi) is 8.07. The van der Waals surface area contributed by atoms with Gasteiger partial charge in [-0.25, -0.2) is 16.8 Å². The minimum Gasteiger partial charge on any atom is -0.339 e. The van der Waals surface area contributed by atoms with Crippen molar-refractivity contribution < 1.29 is 21.6 Å². The Bertz CT molecular complexity index is 1720. The molecular formula is C31H32N2O5S2. The van der Waals surface area contributed by atoms with Crippen LogP contribution in [0, 0.1) is 0 Å². The highest BCUT2D eigenvalue weighted by Crippen LogP contribution is 2.29. The Morgan fingerprint density at radius 1 is 0.775 bits per heavy atom. The number of sulfone groups is 1. The topological polar surface area (TPSA) is 91.8 Å². The van der Waals surface area contributed by atoms with Gasteiger partial charge in [-0.1, -0.05) is 67.6 Å². The number of benzene rings is 4. The van der Waals surface area contributed by atoms with Crippen molar-refractivity contribution in [2.45, 2.75) is 46.9 Å². The molecule has 4 aromatic carbocycles. The van der Waals surface area contributed by atoms with E-state index < -0.39 is 19.9 Å². The summed E-state index contributed by atoms with van der Waals surface area (Å²) < 4.78 is 55.6. The number of carbonyl (C=O) groups excluding carboxylic acids is 1. The van der Waals surface area contributed by atoms with Crippen molar-refractivity contribution in [3.63, 3.8) is 0 Å². The first-order valence-electron chi connectivity index (χ1n) is 13.4.